The molecular formula is C31H37N3O6S. The molecular weight excluding hydrogens is 542 g/mol. The Bertz CT molecular complexity index is 1520. The highest BCUT2D eigenvalue weighted by atomic mass is 32.2. The van der Waals surface area contributed by atoms with E-state index < -0.39 is 21.9 Å². The predicted molar refractivity (Wildman–Crippen MR) is 155 cm³/mol. The Balaban J connectivity index is 1.66. The minimum atomic E-state index is -3.70. The van der Waals surface area contributed by atoms with Gasteiger partial charge in [-0.15, -0.1) is 0 Å². The van der Waals surface area contributed by atoms with E-state index in [0.717, 1.165) is 11.1 Å². The third kappa shape index (κ3) is 5.43. The Morgan fingerprint density at radius 3 is 2.29 bits per heavy atom. The number of esters is 1. The number of carbonyl (C=O) groups excluding carboxylic acids is 2. The standard InChI is InChI=1S/C31H37N3O6S/c1-5-40-30(36)28-26(21-8-6-20(2)7-9-21)27-24(18-31(3,4)19-25(27)35)34(29(28)32)22-10-12-23(13-11-22)41(37,38)33-14-16-39-17-15-33/h6-13,26H,5,14-19,32H2,1-4H3. The van der Waals surface area contributed by atoms with Crippen molar-refractivity contribution >= 4 is 27.5 Å². The minimum absolute atomic E-state index is 0.0485. The number of ether oxygens (including phenoxy) is 2. The lowest BCUT2D eigenvalue weighted by Gasteiger charge is -2.44. The van der Waals surface area contributed by atoms with Crippen LogP contribution >= 0.6 is 0 Å². The molecule has 10 heteroatoms. The van der Waals surface area contributed by atoms with Crippen LogP contribution in [0.5, 0.6) is 0 Å². The molecule has 218 valence electrons. The smallest absolute Gasteiger partial charge is 0.338 e. The Morgan fingerprint density at radius 1 is 1.05 bits per heavy atom. The van der Waals surface area contributed by atoms with Gasteiger partial charge >= 0.3 is 5.97 Å². The monoisotopic (exact) mass is 579 g/mol. The molecule has 1 saturated heterocycles. The van der Waals surface area contributed by atoms with Gasteiger partial charge in [0.05, 0.1) is 36.2 Å². The van der Waals surface area contributed by atoms with Crippen molar-refractivity contribution in [3.63, 3.8) is 0 Å². The number of nitrogens with two attached hydrogens (primary N) is 1. The first-order valence-electron chi connectivity index (χ1n) is 13.9. The van der Waals surface area contributed by atoms with Gasteiger partial charge in [0.2, 0.25) is 10.0 Å². The third-order valence-corrected chi connectivity index (χ3v) is 9.78. The molecule has 1 unspecified atom stereocenters. The predicted octanol–water partition coefficient (Wildman–Crippen LogP) is 4.00. The van der Waals surface area contributed by atoms with Crippen LogP contribution in [-0.4, -0.2) is 57.4 Å². The van der Waals surface area contributed by atoms with Crippen LogP contribution in [-0.2, 0) is 29.1 Å². The number of carbonyl (C=O) groups is 2. The lowest BCUT2D eigenvalue weighted by molar-refractivity contribution is -0.138. The molecule has 2 aromatic rings. The van der Waals surface area contributed by atoms with E-state index in [1.54, 1.807) is 36.1 Å². The summed E-state index contributed by atoms with van der Waals surface area (Å²) in [5, 5.41) is 0. The summed E-state index contributed by atoms with van der Waals surface area (Å²) >= 11 is 0. The maximum absolute atomic E-state index is 13.9. The average molecular weight is 580 g/mol. The number of hydrogen-bond donors (Lipinski definition) is 1. The number of Topliss-reactive ketones (excluding diaryl/α,β-unsaturated/α-hetero) is 1. The summed E-state index contributed by atoms with van der Waals surface area (Å²) in [7, 11) is -3.70. The van der Waals surface area contributed by atoms with Gasteiger partial charge in [0, 0.05) is 36.5 Å². The summed E-state index contributed by atoms with van der Waals surface area (Å²) in [5.41, 5.74) is 10.3. The van der Waals surface area contributed by atoms with Gasteiger partial charge in [-0.25, -0.2) is 13.2 Å². The number of hydrogen-bond acceptors (Lipinski definition) is 8. The highest BCUT2D eigenvalue weighted by molar-refractivity contribution is 7.89. The number of ketones is 1. The molecule has 1 aliphatic carbocycles. The second-order valence-electron chi connectivity index (χ2n) is 11.5. The minimum Gasteiger partial charge on any atom is -0.463 e. The van der Waals surface area contributed by atoms with E-state index in [1.165, 1.54) is 4.31 Å². The zero-order chi connectivity index (χ0) is 29.5. The highest BCUT2D eigenvalue weighted by Gasteiger charge is 2.46. The van der Waals surface area contributed by atoms with E-state index in [2.05, 4.69) is 0 Å². The average Bonchev–Trinajstić information content (AvgIpc) is 2.93. The molecule has 1 fully saturated rings. The third-order valence-electron chi connectivity index (χ3n) is 7.87. The first-order valence-corrected chi connectivity index (χ1v) is 15.4. The molecule has 0 amide bonds. The second-order valence-corrected chi connectivity index (χ2v) is 13.4. The van der Waals surface area contributed by atoms with Crippen molar-refractivity contribution < 1.29 is 27.5 Å². The van der Waals surface area contributed by atoms with Crippen molar-refractivity contribution in [1.29, 1.82) is 0 Å². The van der Waals surface area contributed by atoms with Gasteiger partial charge in [0.15, 0.2) is 5.78 Å². The number of rotatable bonds is 6. The van der Waals surface area contributed by atoms with Crippen molar-refractivity contribution in [2.45, 2.75) is 51.3 Å². The molecule has 3 aliphatic rings. The Kier molecular flexibility index (Phi) is 7.84. The van der Waals surface area contributed by atoms with Crippen LogP contribution in [0.25, 0.3) is 0 Å². The van der Waals surface area contributed by atoms with Crippen LogP contribution in [0.15, 0.2) is 76.1 Å². The van der Waals surface area contributed by atoms with Gasteiger partial charge in [-0.2, -0.15) is 4.31 Å². The van der Waals surface area contributed by atoms with Crippen LogP contribution in [0.3, 0.4) is 0 Å². The lowest BCUT2D eigenvalue weighted by atomic mass is 9.68. The number of nitrogens with zero attached hydrogens (tertiary/aromatic N) is 2. The number of benzene rings is 2. The van der Waals surface area contributed by atoms with Gasteiger partial charge in [-0.05, 0) is 55.5 Å². The quantitative estimate of drug-likeness (QED) is 0.510. The SMILES string of the molecule is CCOC(=O)C1=C(N)N(c2ccc(S(=O)(=O)N3CCOCC3)cc2)C2=C(C(=O)CC(C)(C)C2)C1c1ccc(C)cc1. The molecule has 41 heavy (non-hydrogen) atoms. The number of sulfonamides is 1. The number of anilines is 1. The number of aryl methyl sites for hydroxylation is 1. The van der Waals surface area contributed by atoms with Gasteiger partial charge in [0.25, 0.3) is 0 Å². The van der Waals surface area contributed by atoms with Crippen LogP contribution in [0.2, 0.25) is 0 Å². The molecule has 0 saturated carbocycles. The summed E-state index contributed by atoms with van der Waals surface area (Å²) in [5.74, 6) is -1.14. The van der Waals surface area contributed by atoms with Crippen molar-refractivity contribution in [2.24, 2.45) is 11.1 Å². The fourth-order valence-corrected chi connectivity index (χ4v) is 7.32. The molecule has 2 heterocycles. The van der Waals surface area contributed by atoms with E-state index in [9.17, 15) is 18.0 Å². The molecule has 0 bridgehead atoms. The normalized spacial score (nSPS) is 21.6. The summed E-state index contributed by atoms with van der Waals surface area (Å²) in [6, 6.07) is 14.2. The van der Waals surface area contributed by atoms with E-state index in [0.29, 0.717) is 56.1 Å². The highest BCUT2D eigenvalue weighted by Crippen LogP contribution is 2.50. The zero-order valence-corrected chi connectivity index (χ0v) is 24.8. The number of allylic oxidation sites excluding steroid dienone is 2. The van der Waals surface area contributed by atoms with E-state index in [-0.39, 0.29) is 34.1 Å². The van der Waals surface area contributed by atoms with Crippen LogP contribution in [0, 0.1) is 12.3 Å². The van der Waals surface area contributed by atoms with Gasteiger partial charge in [-0.1, -0.05) is 43.7 Å². The van der Waals surface area contributed by atoms with E-state index >= 15 is 0 Å². The molecule has 2 aromatic carbocycles. The Labute approximate surface area is 241 Å². The molecule has 0 radical (unpaired) electrons. The maximum Gasteiger partial charge on any atom is 0.338 e. The van der Waals surface area contributed by atoms with Gasteiger partial charge < -0.3 is 15.2 Å². The molecule has 0 spiro atoms. The largest absolute Gasteiger partial charge is 0.463 e. The summed E-state index contributed by atoms with van der Waals surface area (Å²) in [6.07, 6.45) is 0.871. The summed E-state index contributed by atoms with van der Waals surface area (Å²) in [4.78, 5) is 29.2. The first-order chi connectivity index (χ1) is 19.4. The van der Waals surface area contributed by atoms with Crippen molar-refractivity contribution in [3.8, 4) is 0 Å². The fraction of sp³-hybridized carbons (Fsp3) is 0.419. The van der Waals surface area contributed by atoms with Crippen LogP contribution < -0.4 is 10.6 Å². The lowest BCUT2D eigenvalue weighted by Crippen LogP contribution is -2.43. The second kappa shape index (κ2) is 11.1. The Morgan fingerprint density at radius 2 is 1.68 bits per heavy atom. The van der Waals surface area contributed by atoms with Gasteiger partial charge in [-0.3, -0.25) is 9.69 Å². The zero-order valence-electron chi connectivity index (χ0n) is 24.0. The van der Waals surface area contributed by atoms with Crippen molar-refractivity contribution in [3.05, 3.63) is 82.3 Å². The summed E-state index contributed by atoms with van der Waals surface area (Å²) in [6.45, 7) is 9.22. The molecule has 2 N–H and O–H groups in total. The topological polar surface area (TPSA) is 119 Å². The molecule has 5 rings (SSSR count). The molecule has 2 aliphatic heterocycles. The van der Waals surface area contributed by atoms with E-state index in [4.69, 9.17) is 15.2 Å². The number of morpholine rings is 1. The molecule has 9 nitrogen and oxygen atoms in total. The van der Waals surface area contributed by atoms with Crippen LogP contribution in [0.1, 0.15) is 50.7 Å². The first kappa shape index (κ1) is 29.0. The summed E-state index contributed by atoms with van der Waals surface area (Å²) < 4.78 is 38.7. The molecule has 0 aromatic heterocycles. The van der Waals surface area contributed by atoms with Crippen molar-refractivity contribution in [1.82, 2.24) is 4.31 Å². The van der Waals surface area contributed by atoms with Crippen LogP contribution in [0.4, 0.5) is 5.69 Å². The van der Waals surface area contributed by atoms with Gasteiger partial charge in [0.1, 0.15) is 5.82 Å². The Hall–Kier alpha value is -3.47. The van der Waals surface area contributed by atoms with Crippen molar-refractivity contribution in [2.75, 3.05) is 37.8 Å². The van der Waals surface area contributed by atoms with E-state index in [1.807, 2.05) is 45.0 Å². The maximum atomic E-state index is 13.9. The fourth-order valence-electron chi connectivity index (χ4n) is 5.91. The molecule has 1 atom stereocenters.